The highest BCUT2D eigenvalue weighted by Crippen LogP contribution is 2.30. The van der Waals surface area contributed by atoms with Crippen molar-refractivity contribution < 1.29 is 9.59 Å². The molecule has 2 heterocycles. The van der Waals surface area contributed by atoms with E-state index in [1.807, 2.05) is 66.2 Å². The number of hydrogen-bond acceptors (Lipinski definition) is 4. The van der Waals surface area contributed by atoms with E-state index in [1.165, 1.54) is 0 Å². The standard InChI is InChI=1S/C23H22N6O2/c1-28-19-10-6-5-9-17(19)25-21(28)14-24-23(31)18-13-20(26-22(30)15-11-12-15)29(27-18)16-7-3-2-4-8-16/h2-10,13,15H,11-12,14H2,1H3,(H,24,31)(H,26,30). The number of benzene rings is 2. The summed E-state index contributed by atoms with van der Waals surface area (Å²) in [5.41, 5.74) is 2.88. The number of fused-ring (bicyclic) bond motifs is 1. The maximum absolute atomic E-state index is 12.8. The molecule has 2 aromatic heterocycles. The number of para-hydroxylation sites is 3. The molecule has 0 atom stereocenters. The van der Waals surface area contributed by atoms with Gasteiger partial charge in [0.25, 0.3) is 5.91 Å². The number of hydrogen-bond donors (Lipinski definition) is 2. The topological polar surface area (TPSA) is 93.8 Å². The second kappa shape index (κ2) is 7.71. The molecule has 1 saturated carbocycles. The van der Waals surface area contributed by atoms with Crippen LogP contribution in [-0.4, -0.2) is 31.1 Å². The van der Waals surface area contributed by atoms with Gasteiger partial charge in [0, 0.05) is 19.0 Å². The van der Waals surface area contributed by atoms with E-state index < -0.39 is 0 Å². The van der Waals surface area contributed by atoms with Crippen LogP contribution in [0.3, 0.4) is 0 Å². The number of nitrogens with zero attached hydrogens (tertiary/aromatic N) is 4. The van der Waals surface area contributed by atoms with Crippen LogP contribution in [0.4, 0.5) is 5.82 Å². The first-order valence-corrected chi connectivity index (χ1v) is 10.2. The number of imidazole rings is 1. The number of aromatic nitrogens is 4. The number of carbonyl (C=O) groups is 2. The first-order chi connectivity index (χ1) is 15.1. The molecule has 31 heavy (non-hydrogen) atoms. The quantitative estimate of drug-likeness (QED) is 0.507. The van der Waals surface area contributed by atoms with Gasteiger partial charge in [0.2, 0.25) is 5.91 Å². The Balaban J connectivity index is 1.38. The fourth-order valence-electron chi connectivity index (χ4n) is 3.52. The highest BCUT2D eigenvalue weighted by atomic mass is 16.2. The Kier molecular flexibility index (Phi) is 4.74. The van der Waals surface area contributed by atoms with Gasteiger partial charge in [0.05, 0.1) is 23.3 Å². The van der Waals surface area contributed by atoms with Crippen LogP contribution in [0.25, 0.3) is 16.7 Å². The largest absolute Gasteiger partial charge is 0.343 e. The van der Waals surface area contributed by atoms with Gasteiger partial charge in [0.15, 0.2) is 5.69 Å². The molecule has 0 unspecified atom stereocenters. The first-order valence-electron chi connectivity index (χ1n) is 10.2. The van der Waals surface area contributed by atoms with Crippen molar-refractivity contribution in [1.29, 1.82) is 0 Å². The summed E-state index contributed by atoms with van der Waals surface area (Å²) >= 11 is 0. The normalized spacial score (nSPS) is 13.3. The Morgan fingerprint density at radius 2 is 1.81 bits per heavy atom. The summed E-state index contributed by atoms with van der Waals surface area (Å²) in [6.45, 7) is 0.270. The molecule has 8 nitrogen and oxygen atoms in total. The maximum atomic E-state index is 12.8. The molecule has 0 radical (unpaired) electrons. The molecule has 2 aromatic carbocycles. The lowest BCUT2D eigenvalue weighted by Crippen LogP contribution is -2.25. The summed E-state index contributed by atoms with van der Waals surface area (Å²) in [5, 5.41) is 10.3. The van der Waals surface area contributed by atoms with Crippen LogP contribution in [0.5, 0.6) is 0 Å². The van der Waals surface area contributed by atoms with Gasteiger partial charge in [-0.1, -0.05) is 30.3 Å². The maximum Gasteiger partial charge on any atom is 0.272 e. The minimum Gasteiger partial charge on any atom is -0.343 e. The van der Waals surface area contributed by atoms with Gasteiger partial charge in [-0.05, 0) is 37.1 Å². The lowest BCUT2D eigenvalue weighted by molar-refractivity contribution is -0.117. The molecule has 2 amide bonds. The van der Waals surface area contributed by atoms with Gasteiger partial charge in [-0.25, -0.2) is 9.67 Å². The lowest BCUT2D eigenvalue weighted by atomic mass is 10.3. The van der Waals surface area contributed by atoms with Crippen molar-refractivity contribution in [2.45, 2.75) is 19.4 Å². The van der Waals surface area contributed by atoms with Crippen molar-refractivity contribution in [3.05, 3.63) is 72.2 Å². The summed E-state index contributed by atoms with van der Waals surface area (Å²) in [5.74, 6) is 0.914. The van der Waals surface area contributed by atoms with E-state index in [1.54, 1.807) is 10.7 Å². The summed E-state index contributed by atoms with van der Waals surface area (Å²) in [6, 6.07) is 18.9. The van der Waals surface area contributed by atoms with E-state index >= 15 is 0 Å². The Hall–Kier alpha value is -3.94. The molecule has 8 heteroatoms. The number of rotatable bonds is 6. The van der Waals surface area contributed by atoms with Crippen LogP contribution >= 0.6 is 0 Å². The second-order valence-corrected chi connectivity index (χ2v) is 7.68. The molecule has 5 rings (SSSR count). The summed E-state index contributed by atoms with van der Waals surface area (Å²) in [7, 11) is 1.92. The predicted octanol–water partition coefficient (Wildman–Crippen LogP) is 3.04. The molecule has 0 saturated heterocycles. The molecule has 156 valence electrons. The van der Waals surface area contributed by atoms with Crippen molar-refractivity contribution in [2.24, 2.45) is 13.0 Å². The van der Waals surface area contributed by atoms with Crippen molar-refractivity contribution in [3.63, 3.8) is 0 Å². The van der Waals surface area contributed by atoms with E-state index in [0.29, 0.717) is 5.82 Å². The van der Waals surface area contributed by atoms with Crippen molar-refractivity contribution in [1.82, 2.24) is 24.6 Å². The predicted molar refractivity (Wildman–Crippen MR) is 117 cm³/mol. The number of aryl methyl sites for hydroxylation is 1. The SMILES string of the molecule is Cn1c(CNC(=O)c2cc(NC(=O)C3CC3)n(-c3ccccc3)n2)nc2ccccc21. The van der Waals surface area contributed by atoms with Gasteiger partial charge < -0.3 is 15.2 Å². The molecule has 0 bridgehead atoms. The molecular formula is C23H22N6O2. The van der Waals surface area contributed by atoms with E-state index in [0.717, 1.165) is 35.4 Å². The van der Waals surface area contributed by atoms with E-state index in [4.69, 9.17) is 0 Å². The molecule has 2 N–H and O–H groups in total. The van der Waals surface area contributed by atoms with Crippen LogP contribution in [-0.2, 0) is 18.4 Å². The number of nitrogens with one attached hydrogen (secondary N) is 2. The van der Waals surface area contributed by atoms with Gasteiger partial charge in [-0.15, -0.1) is 0 Å². The van der Waals surface area contributed by atoms with Gasteiger partial charge in [-0.2, -0.15) is 5.10 Å². The summed E-state index contributed by atoms with van der Waals surface area (Å²) in [4.78, 5) is 29.7. The second-order valence-electron chi connectivity index (χ2n) is 7.68. The van der Waals surface area contributed by atoms with Crippen LogP contribution in [0, 0.1) is 5.92 Å². The third-order valence-corrected chi connectivity index (χ3v) is 5.43. The molecule has 1 fully saturated rings. The fourth-order valence-corrected chi connectivity index (χ4v) is 3.52. The average Bonchev–Trinajstić information content (AvgIpc) is 3.50. The van der Waals surface area contributed by atoms with E-state index in [2.05, 4.69) is 20.7 Å². The Morgan fingerprint density at radius 3 is 2.55 bits per heavy atom. The minimum atomic E-state index is -0.330. The van der Waals surface area contributed by atoms with Crippen molar-refractivity contribution in [2.75, 3.05) is 5.32 Å². The molecular weight excluding hydrogens is 392 g/mol. The highest BCUT2D eigenvalue weighted by molar-refractivity contribution is 5.97. The van der Waals surface area contributed by atoms with E-state index in [-0.39, 0.29) is 30.0 Å². The first kappa shape index (κ1) is 19.0. The zero-order valence-electron chi connectivity index (χ0n) is 17.1. The monoisotopic (exact) mass is 414 g/mol. The smallest absolute Gasteiger partial charge is 0.272 e. The number of anilines is 1. The van der Waals surface area contributed by atoms with Gasteiger partial charge in [0.1, 0.15) is 11.6 Å². The number of carbonyl (C=O) groups excluding carboxylic acids is 2. The van der Waals surface area contributed by atoms with Crippen LogP contribution in [0.2, 0.25) is 0 Å². The molecule has 1 aliphatic carbocycles. The third kappa shape index (κ3) is 3.79. The molecule has 0 spiro atoms. The van der Waals surface area contributed by atoms with Gasteiger partial charge >= 0.3 is 0 Å². The zero-order chi connectivity index (χ0) is 21.4. The van der Waals surface area contributed by atoms with Crippen LogP contribution < -0.4 is 10.6 Å². The summed E-state index contributed by atoms with van der Waals surface area (Å²) in [6.07, 6.45) is 1.80. The fraction of sp³-hybridized carbons (Fsp3) is 0.217. The molecule has 1 aliphatic rings. The Bertz CT molecular complexity index is 1270. The van der Waals surface area contributed by atoms with Crippen molar-refractivity contribution >= 4 is 28.7 Å². The van der Waals surface area contributed by atoms with Crippen LogP contribution in [0.1, 0.15) is 29.2 Å². The van der Waals surface area contributed by atoms with E-state index in [9.17, 15) is 9.59 Å². The Morgan fingerprint density at radius 1 is 1.06 bits per heavy atom. The molecule has 0 aliphatic heterocycles. The van der Waals surface area contributed by atoms with Crippen LogP contribution in [0.15, 0.2) is 60.7 Å². The minimum absolute atomic E-state index is 0.0382. The van der Waals surface area contributed by atoms with Crippen molar-refractivity contribution in [3.8, 4) is 5.69 Å². The average molecular weight is 414 g/mol. The lowest BCUT2D eigenvalue weighted by Gasteiger charge is -2.08. The number of amides is 2. The Labute approximate surface area is 178 Å². The third-order valence-electron chi connectivity index (χ3n) is 5.43. The molecule has 4 aromatic rings. The summed E-state index contributed by atoms with van der Waals surface area (Å²) < 4.78 is 3.55. The highest BCUT2D eigenvalue weighted by Gasteiger charge is 2.30. The van der Waals surface area contributed by atoms with Gasteiger partial charge in [-0.3, -0.25) is 9.59 Å². The zero-order valence-corrected chi connectivity index (χ0v) is 17.1.